The molecule has 0 aliphatic carbocycles. The summed E-state index contributed by atoms with van der Waals surface area (Å²) in [4.78, 5) is 12.5. The van der Waals surface area contributed by atoms with Gasteiger partial charge in [-0.3, -0.25) is 4.79 Å². The van der Waals surface area contributed by atoms with Crippen molar-refractivity contribution < 1.29 is 13.9 Å². The molecule has 0 unspecified atom stereocenters. The van der Waals surface area contributed by atoms with Gasteiger partial charge in [-0.15, -0.1) is 0 Å². The van der Waals surface area contributed by atoms with E-state index in [4.69, 9.17) is 4.74 Å². The molecule has 3 nitrogen and oxygen atoms in total. The Hall–Kier alpha value is -2.88. The Morgan fingerprint density at radius 1 is 0.913 bits per heavy atom. The van der Waals surface area contributed by atoms with E-state index in [1.807, 2.05) is 54.6 Å². The molecule has 1 amide bonds. The number of alkyl halides is 1. The van der Waals surface area contributed by atoms with Crippen LogP contribution in [-0.2, 0) is 0 Å². The lowest BCUT2D eigenvalue weighted by Crippen LogP contribution is -2.12. The zero-order valence-corrected chi connectivity index (χ0v) is 12.5. The van der Waals surface area contributed by atoms with Gasteiger partial charge in [0.25, 0.3) is 5.91 Å². The normalized spacial score (nSPS) is 10.5. The highest BCUT2D eigenvalue weighted by Gasteiger charge is 2.13. The van der Waals surface area contributed by atoms with Crippen molar-refractivity contribution in [2.24, 2.45) is 0 Å². The zero-order valence-electron chi connectivity index (χ0n) is 12.5. The molecule has 0 aliphatic rings. The van der Waals surface area contributed by atoms with Crippen LogP contribution in [0.5, 0.6) is 5.75 Å². The number of para-hydroxylation sites is 1. The quantitative estimate of drug-likeness (QED) is 0.756. The second-order valence-electron chi connectivity index (χ2n) is 5.01. The predicted molar refractivity (Wildman–Crippen MR) is 89.8 cm³/mol. The average Bonchev–Trinajstić information content (AvgIpc) is 2.60. The molecule has 0 saturated carbocycles. The number of fused-ring (bicyclic) bond motifs is 1. The van der Waals surface area contributed by atoms with Crippen molar-refractivity contribution in [1.82, 2.24) is 0 Å². The minimum atomic E-state index is -0.551. The Kier molecular flexibility index (Phi) is 4.52. The summed E-state index contributed by atoms with van der Waals surface area (Å²) in [5.74, 6) is 0.388. The molecule has 0 bridgehead atoms. The molecule has 0 aromatic heterocycles. The maximum absolute atomic E-state index is 12.5. The van der Waals surface area contributed by atoms with Crippen molar-refractivity contribution in [3.05, 3.63) is 72.3 Å². The topological polar surface area (TPSA) is 38.3 Å². The van der Waals surface area contributed by atoms with Gasteiger partial charge in [0.2, 0.25) is 0 Å². The fraction of sp³-hybridized carbons (Fsp3) is 0.105. The Morgan fingerprint density at radius 2 is 1.61 bits per heavy atom. The van der Waals surface area contributed by atoms with Crippen molar-refractivity contribution in [3.8, 4) is 5.75 Å². The first-order chi connectivity index (χ1) is 11.3. The third kappa shape index (κ3) is 3.31. The monoisotopic (exact) mass is 309 g/mol. The maximum atomic E-state index is 12.5. The third-order valence-electron chi connectivity index (χ3n) is 3.50. The number of rotatable bonds is 5. The van der Waals surface area contributed by atoms with Crippen LogP contribution in [0.25, 0.3) is 10.8 Å². The van der Waals surface area contributed by atoms with Gasteiger partial charge in [0.1, 0.15) is 19.0 Å². The van der Waals surface area contributed by atoms with Gasteiger partial charge >= 0.3 is 0 Å². The number of halogens is 1. The van der Waals surface area contributed by atoms with E-state index in [0.29, 0.717) is 11.3 Å². The standard InChI is InChI=1S/C19H16FNO2/c20-12-13-23-18-11-10-17(15-8-4-5-9-16(15)18)19(22)21-14-6-2-1-3-7-14/h1-11H,12-13H2,(H,21,22). The summed E-state index contributed by atoms with van der Waals surface area (Å²) in [5, 5.41) is 4.44. The van der Waals surface area contributed by atoms with E-state index in [9.17, 15) is 9.18 Å². The number of ether oxygens (including phenoxy) is 1. The molecule has 0 fully saturated rings. The van der Waals surface area contributed by atoms with E-state index in [0.717, 1.165) is 16.5 Å². The summed E-state index contributed by atoms with van der Waals surface area (Å²) in [6.45, 7) is -0.551. The van der Waals surface area contributed by atoms with E-state index in [1.165, 1.54) is 0 Å². The second kappa shape index (κ2) is 6.92. The summed E-state index contributed by atoms with van der Waals surface area (Å²) in [6.07, 6.45) is 0. The first-order valence-corrected chi connectivity index (χ1v) is 7.36. The molecule has 4 heteroatoms. The number of benzene rings is 3. The molecule has 0 spiro atoms. The lowest BCUT2D eigenvalue weighted by molar-refractivity contribution is 0.102. The highest BCUT2D eigenvalue weighted by atomic mass is 19.1. The van der Waals surface area contributed by atoms with Gasteiger partial charge in [-0.2, -0.15) is 0 Å². The Balaban J connectivity index is 1.96. The molecule has 23 heavy (non-hydrogen) atoms. The number of carbonyl (C=O) groups excluding carboxylic acids is 1. The zero-order chi connectivity index (χ0) is 16.1. The molecule has 3 aromatic carbocycles. The summed E-state index contributed by atoms with van der Waals surface area (Å²) < 4.78 is 17.8. The molecule has 1 N–H and O–H groups in total. The Labute approximate surface area is 133 Å². The van der Waals surface area contributed by atoms with Crippen LogP contribution in [-0.4, -0.2) is 19.2 Å². The molecule has 3 rings (SSSR count). The first kappa shape index (κ1) is 15.0. The first-order valence-electron chi connectivity index (χ1n) is 7.36. The van der Waals surface area contributed by atoms with Crippen LogP contribution in [0.15, 0.2) is 66.7 Å². The number of carbonyl (C=O) groups is 1. The number of hydrogen-bond donors (Lipinski definition) is 1. The van der Waals surface area contributed by atoms with Crippen LogP contribution in [0.2, 0.25) is 0 Å². The Bertz CT molecular complexity index is 818. The molecular formula is C19H16FNO2. The average molecular weight is 309 g/mol. The molecule has 0 heterocycles. The van der Waals surface area contributed by atoms with Gasteiger partial charge < -0.3 is 10.1 Å². The van der Waals surface area contributed by atoms with Crippen molar-refractivity contribution in [2.45, 2.75) is 0 Å². The number of anilines is 1. The van der Waals surface area contributed by atoms with Crippen molar-refractivity contribution in [1.29, 1.82) is 0 Å². The third-order valence-corrected chi connectivity index (χ3v) is 3.50. The van der Waals surface area contributed by atoms with Crippen molar-refractivity contribution in [3.63, 3.8) is 0 Å². The molecule has 0 aliphatic heterocycles. The summed E-state index contributed by atoms with van der Waals surface area (Å²) >= 11 is 0. The second-order valence-corrected chi connectivity index (χ2v) is 5.01. The van der Waals surface area contributed by atoms with E-state index in [-0.39, 0.29) is 12.5 Å². The number of amides is 1. The number of nitrogens with one attached hydrogen (secondary N) is 1. The van der Waals surface area contributed by atoms with Crippen LogP contribution < -0.4 is 10.1 Å². The minimum Gasteiger partial charge on any atom is -0.490 e. The summed E-state index contributed by atoms with van der Waals surface area (Å²) in [6, 6.07) is 20.1. The maximum Gasteiger partial charge on any atom is 0.256 e. The van der Waals surface area contributed by atoms with Crippen molar-refractivity contribution in [2.75, 3.05) is 18.6 Å². The molecule has 0 radical (unpaired) electrons. The Morgan fingerprint density at radius 3 is 2.35 bits per heavy atom. The van der Waals surface area contributed by atoms with Gasteiger partial charge in [-0.1, -0.05) is 42.5 Å². The fourth-order valence-corrected chi connectivity index (χ4v) is 2.46. The minimum absolute atomic E-state index is 0.000444. The molecule has 0 atom stereocenters. The SMILES string of the molecule is O=C(Nc1ccccc1)c1ccc(OCCF)c2ccccc12. The van der Waals surface area contributed by atoms with Gasteiger partial charge in [-0.25, -0.2) is 4.39 Å². The van der Waals surface area contributed by atoms with E-state index >= 15 is 0 Å². The van der Waals surface area contributed by atoms with Crippen LogP contribution in [0.4, 0.5) is 10.1 Å². The lowest BCUT2D eigenvalue weighted by atomic mass is 10.0. The molecular weight excluding hydrogens is 293 g/mol. The summed E-state index contributed by atoms with van der Waals surface area (Å²) in [7, 11) is 0. The van der Waals surface area contributed by atoms with Crippen molar-refractivity contribution >= 4 is 22.4 Å². The molecule has 0 saturated heterocycles. The van der Waals surface area contributed by atoms with E-state index in [1.54, 1.807) is 12.1 Å². The van der Waals surface area contributed by atoms with E-state index in [2.05, 4.69) is 5.32 Å². The van der Waals surface area contributed by atoms with Crippen LogP contribution in [0.3, 0.4) is 0 Å². The fourth-order valence-electron chi connectivity index (χ4n) is 2.46. The number of hydrogen-bond acceptors (Lipinski definition) is 2. The van der Waals surface area contributed by atoms with Gasteiger partial charge in [0.05, 0.1) is 0 Å². The van der Waals surface area contributed by atoms with Gasteiger partial charge in [0.15, 0.2) is 0 Å². The highest BCUT2D eigenvalue weighted by Crippen LogP contribution is 2.29. The molecule has 3 aromatic rings. The summed E-state index contributed by atoms with van der Waals surface area (Å²) in [5.41, 5.74) is 1.29. The largest absolute Gasteiger partial charge is 0.490 e. The van der Waals surface area contributed by atoms with Gasteiger partial charge in [0, 0.05) is 16.6 Å². The van der Waals surface area contributed by atoms with E-state index < -0.39 is 6.67 Å². The van der Waals surface area contributed by atoms with Crippen LogP contribution >= 0.6 is 0 Å². The molecule has 116 valence electrons. The predicted octanol–water partition coefficient (Wildman–Crippen LogP) is 4.44. The lowest BCUT2D eigenvalue weighted by Gasteiger charge is -2.12. The van der Waals surface area contributed by atoms with Crippen LogP contribution in [0, 0.1) is 0 Å². The van der Waals surface area contributed by atoms with Crippen LogP contribution in [0.1, 0.15) is 10.4 Å². The highest BCUT2D eigenvalue weighted by molar-refractivity contribution is 6.13. The smallest absolute Gasteiger partial charge is 0.256 e. The van der Waals surface area contributed by atoms with Gasteiger partial charge in [-0.05, 0) is 29.7 Å².